The molecule has 0 aliphatic rings. The van der Waals surface area contributed by atoms with Crippen molar-refractivity contribution in [2.45, 2.75) is 6.42 Å². The first kappa shape index (κ1) is 11.6. The molecule has 0 aliphatic heterocycles. The lowest BCUT2D eigenvalue weighted by molar-refractivity contribution is -0.117. The molecule has 1 aromatic rings. The Balaban J connectivity index is 2.47. The summed E-state index contributed by atoms with van der Waals surface area (Å²) in [5.74, 6) is -0.708. The van der Waals surface area contributed by atoms with E-state index in [0.29, 0.717) is 10.2 Å². The van der Waals surface area contributed by atoms with E-state index in [9.17, 15) is 9.59 Å². The van der Waals surface area contributed by atoms with Gasteiger partial charge in [-0.2, -0.15) is 0 Å². The minimum absolute atomic E-state index is 0.135. The fourth-order valence-corrected chi connectivity index (χ4v) is 1.15. The monoisotopic (exact) mass is 271 g/mol. The van der Waals surface area contributed by atoms with Crippen LogP contribution in [0, 0.1) is 0 Å². The summed E-state index contributed by atoms with van der Waals surface area (Å²) in [5.41, 5.74) is 5.38. The first-order valence-corrected chi connectivity index (χ1v) is 5.07. The largest absolute Gasteiger partial charge is 0.370 e. The van der Waals surface area contributed by atoms with Crippen molar-refractivity contribution in [1.29, 1.82) is 0 Å². The minimum atomic E-state index is -0.441. The summed E-state index contributed by atoms with van der Waals surface area (Å²) in [7, 11) is 0. The Kier molecular flexibility index (Phi) is 4.23. The summed E-state index contributed by atoms with van der Waals surface area (Å²) in [6.45, 7) is 0.240. The van der Waals surface area contributed by atoms with Crippen molar-refractivity contribution in [3.63, 3.8) is 0 Å². The SMILES string of the molecule is NC(=O)CCNC(=O)c1ccc(Br)nc1. The third kappa shape index (κ3) is 4.07. The fraction of sp³-hybridized carbons (Fsp3) is 0.222. The number of carbonyl (C=O) groups is 2. The summed E-state index contributed by atoms with van der Waals surface area (Å²) in [5, 5.41) is 2.55. The van der Waals surface area contributed by atoms with Crippen molar-refractivity contribution >= 4 is 27.7 Å². The van der Waals surface area contributed by atoms with Crippen LogP contribution in [-0.2, 0) is 4.79 Å². The van der Waals surface area contributed by atoms with Gasteiger partial charge in [0.15, 0.2) is 0 Å². The topological polar surface area (TPSA) is 85.1 Å². The van der Waals surface area contributed by atoms with Crippen LogP contribution >= 0.6 is 15.9 Å². The highest BCUT2D eigenvalue weighted by molar-refractivity contribution is 9.10. The molecule has 0 bridgehead atoms. The molecule has 1 rings (SSSR count). The molecule has 0 aromatic carbocycles. The Bertz CT molecular complexity index is 364. The van der Waals surface area contributed by atoms with Crippen LogP contribution in [0.25, 0.3) is 0 Å². The molecule has 0 saturated carbocycles. The molecule has 15 heavy (non-hydrogen) atoms. The van der Waals surface area contributed by atoms with Crippen LogP contribution in [-0.4, -0.2) is 23.3 Å². The van der Waals surface area contributed by atoms with Gasteiger partial charge in [-0.1, -0.05) is 0 Å². The van der Waals surface area contributed by atoms with Gasteiger partial charge < -0.3 is 11.1 Å². The molecule has 5 nitrogen and oxygen atoms in total. The van der Waals surface area contributed by atoms with Crippen molar-refractivity contribution in [1.82, 2.24) is 10.3 Å². The van der Waals surface area contributed by atoms with E-state index in [2.05, 4.69) is 26.2 Å². The molecule has 80 valence electrons. The van der Waals surface area contributed by atoms with E-state index in [1.54, 1.807) is 12.1 Å². The number of carbonyl (C=O) groups excluding carboxylic acids is 2. The molecular weight excluding hydrogens is 262 g/mol. The van der Waals surface area contributed by atoms with Crippen molar-refractivity contribution < 1.29 is 9.59 Å². The summed E-state index contributed by atoms with van der Waals surface area (Å²) in [6.07, 6.45) is 1.58. The lowest BCUT2D eigenvalue weighted by atomic mass is 10.2. The Labute approximate surface area is 95.2 Å². The highest BCUT2D eigenvalue weighted by Crippen LogP contribution is 2.05. The van der Waals surface area contributed by atoms with Crippen LogP contribution in [0.1, 0.15) is 16.8 Å². The zero-order valence-electron chi connectivity index (χ0n) is 7.87. The number of hydrogen-bond acceptors (Lipinski definition) is 3. The van der Waals surface area contributed by atoms with Gasteiger partial charge in [0.25, 0.3) is 5.91 Å². The number of aromatic nitrogens is 1. The second-order valence-corrected chi connectivity index (χ2v) is 3.65. The average Bonchev–Trinajstić information content (AvgIpc) is 2.18. The number of nitrogens with zero attached hydrogens (tertiary/aromatic N) is 1. The second-order valence-electron chi connectivity index (χ2n) is 2.84. The average molecular weight is 272 g/mol. The molecule has 3 N–H and O–H groups in total. The number of halogens is 1. The number of hydrogen-bond donors (Lipinski definition) is 2. The van der Waals surface area contributed by atoms with Crippen LogP contribution in [0.5, 0.6) is 0 Å². The van der Waals surface area contributed by atoms with Crippen molar-refractivity contribution in [2.75, 3.05) is 6.54 Å². The van der Waals surface area contributed by atoms with Crippen LogP contribution in [0.4, 0.5) is 0 Å². The van der Waals surface area contributed by atoms with Gasteiger partial charge in [-0.25, -0.2) is 4.98 Å². The Morgan fingerprint density at radius 2 is 2.20 bits per heavy atom. The number of nitrogens with one attached hydrogen (secondary N) is 1. The molecule has 0 radical (unpaired) electrons. The third-order valence-corrected chi connectivity index (χ3v) is 2.12. The molecule has 0 spiro atoms. The molecule has 1 aromatic heterocycles. The molecule has 0 atom stereocenters. The third-order valence-electron chi connectivity index (χ3n) is 1.65. The van der Waals surface area contributed by atoms with Gasteiger partial charge in [0.1, 0.15) is 4.60 Å². The zero-order chi connectivity index (χ0) is 11.3. The highest BCUT2D eigenvalue weighted by Gasteiger charge is 2.05. The summed E-state index contributed by atoms with van der Waals surface area (Å²) in [4.78, 5) is 25.7. The predicted molar refractivity (Wildman–Crippen MR) is 58.1 cm³/mol. The number of rotatable bonds is 4. The van der Waals surface area contributed by atoms with Crippen molar-refractivity contribution in [3.8, 4) is 0 Å². The maximum Gasteiger partial charge on any atom is 0.252 e. The van der Waals surface area contributed by atoms with Crippen molar-refractivity contribution in [2.24, 2.45) is 5.73 Å². The highest BCUT2D eigenvalue weighted by atomic mass is 79.9. The van der Waals surface area contributed by atoms with Gasteiger partial charge in [0.2, 0.25) is 5.91 Å². The summed E-state index contributed by atoms with van der Waals surface area (Å²) >= 11 is 3.16. The Morgan fingerprint density at radius 3 is 2.73 bits per heavy atom. The molecule has 1 heterocycles. The van der Waals surface area contributed by atoms with Gasteiger partial charge in [0, 0.05) is 19.2 Å². The summed E-state index contributed by atoms with van der Waals surface area (Å²) < 4.78 is 0.663. The molecule has 0 unspecified atom stereocenters. The lowest BCUT2D eigenvalue weighted by Crippen LogP contribution is -2.27. The zero-order valence-corrected chi connectivity index (χ0v) is 9.45. The maximum absolute atomic E-state index is 11.4. The van der Waals surface area contributed by atoms with Gasteiger partial charge >= 0.3 is 0 Å². The van der Waals surface area contributed by atoms with E-state index in [1.165, 1.54) is 6.20 Å². The molecule has 0 fully saturated rings. The van der Waals surface area contributed by atoms with Crippen LogP contribution in [0.15, 0.2) is 22.9 Å². The Morgan fingerprint density at radius 1 is 1.47 bits per heavy atom. The second kappa shape index (κ2) is 5.45. The van der Waals surface area contributed by atoms with E-state index in [4.69, 9.17) is 5.73 Å². The summed E-state index contributed by atoms with van der Waals surface area (Å²) in [6, 6.07) is 3.31. The Hall–Kier alpha value is -1.43. The molecule has 0 aliphatic carbocycles. The fourth-order valence-electron chi connectivity index (χ4n) is 0.911. The van der Waals surface area contributed by atoms with Gasteiger partial charge in [-0.15, -0.1) is 0 Å². The molecule has 2 amide bonds. The quantitative estimate of drug-likeness (QED) is 0.780. The van der Waals surface area contributed by atoms with Gasteiger partial charge in [-0.3, -0.25) is 9.59 Å². The van der Waals surface area contributed by atoms with E-state index >= 15 is 0 Å². The van der Waals surface area contributed by atoms with E-state index < -0.39 is 5.91 Å². The first-order chi connectivity index (χ1) is 7.09. The van der Waals surface area contributed by atoms with Crippen LogP contribution in [0.3, 0.4) is 0 Å². The van der Waals surface area contributed by atoms with Crippen molar-refractivity contribution in [3.05, 3.63) is 28.5 Å². The predicted octanol–water partition coefficient (Wildman–Crippen LogP) is 0.449. The van der Waals surface area contributed by atoms with Gasteiger partial charge in [0.05, 0.1) is 5.56 Å². The number of pyridine rings is 1. The van der Waals surface area contributed by atoms with E-state index in [0.717, 1.165) is 0 Å². The number of nitrogens with two attached hydrogens (primary N) is 1. The lowest BCUT2D eigenvalue weighted by Gasteiger charge is -2.02. The van der Waals surface area contributed by atoms with E-state index in [1.807, 2.05) is 0 Å². The molecule has 0 saturated heterocycles. The number of amides is 2. The molecule has 6 heteroatoms. The molecular formula is C9H10BrN3O2. The van der Waals surface area contributed by atoms with Crippen LogP contribution in [0.2, 0.25) is 0 Å². The minimum Gasteiger partial charge on any atom is -0.370 e. The standard InChI is InChI=1S/C9H10BrN3O2/c10-7-2-1-6(5-13-7)9(15)12-4-3-8(11)14/h1-2,5H,3-4H2,(H2,11,14)(H,12,15). The van der Waals surface area contributed by atoms with Crippen LogP contribution < -0.4 is 11.1 Å². The van der Waals surface area contributed by atoms with E-state index in [-0.39, 0.29) is 18.9 Å². The maximum atomic E-state index is 11.4. The smallest absolute Gasteiger partial charge is 0.252 e. The normalized spacial score (nSPS) is 9.67. The first-order valence-electron chi connectivity index (χ1n) is 4.27. The number of primary amides is 1. The van der Waals surface area contributed by atoms with Gasteiger partial charge in [-0.05, 0) is 28.1 Å².